The number of likely N-dealkylation sites (N-methyl/N-ethyl adjacent to an activating group) is 2. The van der Waals surface area contributed by atoms with Gasteiger partial charge in [-0.25, -0.2) is 18.7 Å². The highest BCUT2D eigenvalue weighted by Crippen LogP contribution is 2.47. The zero-order valence-corrected chi connectivity index (χ0v) is 44.3. The summed E-state index contributed by atoms with van der Waals surface area (Å²) < 4.78 is 30.4. The van der Waals surface area contributed by atoms with Crippen LogP contribution in [0.1, 0.15) is 72.2 Å². The molecule has 0 aliphatic carbocycles. The molecule has 0 bridgehead atoms. The van der Waals surface area contributed by atoms with E-state index in [4.69, 9.17) is 9.97 Å². The van der Waals surface area contributed by atoms with Crippen molar-refractivity contribution in [3.63, 3.8) is 0 Å². The first-order chi connectivity index (χ1) is 36.8. The van der Waals surface area contributed by atoms with Gasteiger partial charge >= 0.3 is 0 Å². The Balaban J connectivity index is 0.000000162. The normalized spacial score (nSPS) is 23.1. The van der Waals surface area contributed by atoms with Gasteiger partial charge in [0.25, 0.3) is 0 Å². The topological polar surface area (TPSA) is 133 Å². The molecule has 396 valence electrons. The molecule has 6 fully saturated rings. The second-order valence-corrected chi connectivity index (χ2v) is 23.1. The van der Waals surface area contributed by atoms with Gasteiger partial charge in [-0.2, -0.15) is 10.5 Å². The number of anilines is 2. The lowest BCUT2D eigenvalue weighted by atomic mass is 9.79. The fraction of sp³-hybridized carbons (Fsp3) is 0.500. The predicted molar refractivity (Wildman–Crippen MR) is 290 cm³/mol. The number of hydrogen-bond acceptors (Lipinski definition) is 12. The lowest BCUT2D eigenvalue weighted by molar-refractivity contribution is -0.137. The van der Waals surface area contributed by atoms with Crippen LogP contribution in [-0.2, 0) is 35.5 Å². The van der Waals surface area contributed by atoms with E-state index in [0.29, 0.717) is 96.4 Å². The number of likely N-dealkylation sites (tertiary alicyclic amines) is 4. The zero-order chi connectivity index (χ0) is 52.9. The number of nitriles is 2. The fourth-order valence-electron chi connectivity index (χ4n) is 14.1. The Kier molecular flexibility index (Phi) is 14.3. The van der Waals surface area contributed by atoms with E-state index in [2.05, 4.69) is 68.8 Å². The van der Waals surface area contributed by atoms with Crippen LogP contribution >= 0.6 is 0 Å². The molecular formula is C60H70F2N12O2. The van der Waals surface area contributed by atoms with Gasteiger partial charge in [-0.1, -0.05) is 49.6 Å². The van der Waals surface area contributed by atoms with E-state index in [1.807, 2.05) is 21.9 Å². The lowest BCUT2D eigenvalue weighted by Crippen LogP contribution is -2.59. The quantitative estimate of drug-likeness (QED) is 0.171. The van der Waals surface area contributed by atoms with Crippen LogP contribution in [0.3, 0.4) is 0 Å². The average Bonchev–Trinajstić information content (AvgIpc) is 4.09. The molecule has 14 nitrogen and oxygen atoms in total. The number of rotatable bonds is 8. The summed E-state index contributed by atoms with van der Waals surface area (Å²) in [6.45, 7) is 20.6. The standard InChI is InChI=1S/2C30H35FN6O/c2*1-3-27(38)37-19-30(20-37)11-14-36(18-30)29-24(15-32)28(22-8-4-5-9-25(22)31)23-10-13-35(17-26(23)33-29)21-7-6-12-34(2)16-21/h2*3-5,8-9,21H,1,6-7,10-14,16-20H2,2H3/t2*21-/m10/s1. The summed E-state index contributed by atoms with van der Waals surface area (Å²) in [7, 11) is 4.37. The van der Waals surface area contributed by atoms with Crippen molar-refractivity contribution < 1.29 is 18.4 Å². The predicted octanol–water partition coefficient (Wildman–Crippen LogP) is 6.87. The van der Waals surface area contributed by atoms with E-state index in [9.17, 15) is 20.1 Å². The molecule has 10 heterocycles. The van der Waals surface area contributed by atoms with Gasteiger partial charge < -0.3 is 29.4 Å². The number of carbonyl (C=O) groups is 2. The number of aromatic nitrogens is 2. The van der Waals surface area contributed by atoms with E-state index in [1.54, 1.807) is 24.3 Å². The Morgan fingerprint density at radius 2 is 1.03 bits per heavy atom. The molecule has 0 unspecified atom stereocenters. The second-order valence-electron chi connectivity index (χ2n) is 23.1. The molecule has 2 amide bonds. The minimum atomic E-state index is -0.310. The monoisotopic (exact) mass is 1030 g/mol. The van der Waals surface area contributed by atoms with Crippen LogP contribution in [0.5, 0.6) is 0 Å². The molecule has 76 heavy (non-hydrogen) atoms. The van der Waals surface area contributed by atoms with Crippen molar-refractivity contribution in [3.05, 3.63) is 119 Å². The van der Waals surface area contributed by atoms with Gasteiger partial charge in [-0.15, -0.1) is 0 Å². The second kappa shape index (κ2) is 21.1. The molecule has 0 radical (unpaired) electrons. The summed E-state index contributed by atoms with van der Waals surface area (Å²) in [5.41, 5.74) is 7.31. The molecular weight excluding hydrogens is 959 g/mol. The molecule has 6 saturated heterocycles. The molecule has 16 heteroatoms. The minimum Gasteiger partial charge on any atom is -0.355 e. The number of benzene rings is 2. The SMILES string of the molecule is C=CC(=O)N1CC2(CCN(c3nc4c(c(-c5ccccc5F)c3C#N)CCN([C@@H]3CCCN(C)C3)C4)C2)C1.C=CC(=O)N1CC2(CCN(c3nc4c(c(-c5ccccc5F)c3C#N)CCN([C@H]3CCCN(C)C3)C4)C2)C1. The van der Waals surface area contributed by atoms with Crippen molar-refractivity contribution >= 4 is 23.5 Å². The van der Waals surface area contributed by atoms with Gasteiger partial charge in [-0.05, 0) is 114 Å². The third kappa shape index (κ3) is 9.67. The largest absolute Gasteiger partial charge is 0.355 e. The van der Waals surface area contributed by atoms with Crippen LogP contribution in [0.4, 0.5) is 20.4 Å². The Bertz CT molecular complexity index is 2830. The first-order valence-corrected chi connectivity index (χ1v) is 27.4. The van der Waals surface area contributed by atoms with Crippen molar-refractivity contribution in [1.29, 1.82) is 10.5 Å². The third-order valence-corrected chi connectivity index (χ3v) is 18.0. The molecule has 2 aromatic heterocycles. The molecule has 8 aliphatic heterocycles. The Labute approximate surface area is 446 Å². The van der Waals surface area contributed by atoms with Gasteiger partial charge in [0.05, 0.1) is 11.4 Å². The third-order valence-electron chi connectivity index (χ3n) is 18.0. The number of piperidine rings is 2. The first-order valence-electron chi connectivity index (χ1n) is 27.4. The Morgan fingerprint density at radius 1 is 0.618 bits per heavy atom. The maximum absolute atomic E-state index is 15.2. The van der Waals surface area contributed by atoms with E-state index in [1.165, 1.54) is 50.0 Å². The zero-order valence-electron chi connectivity index (χ0n) is 44.3. The van der Waals surface area contributed by atoms with E-state index in [-0.39, 0.29) is 34.3 Å². The molecule has 8 aliphatic rings. The number of halogens is 2. The average molecular weight is 1030 g/mol. The van der Waals surface area contributed by atoms with Crippen molar-refractivity contribution in [2.45, 2.75) is 76.5 Å². The van der Waals surface area contributed by atoms with Crippen LogP contribution in [0, 0.1) is 45.1 Å². The highest BCUT2D eigenvalue weighted by molar-refractivity contribution is 5.88. The van der Waals surface area contributed by atoms with Crippen LogP contribution in [-0.4, -0.2) is 169 Å². The molecule has 0 N–H and O–H groups in total. The number of amides is 2. The minimum absolute atomic E-state index is 0.0137. The molecule has 12 rings (SSSR count). The van der Waals surface area contributed by atoms with E-state index in [0.717, 1.165) is 114 Å². The van der Waals surface area contributed by atoms with Gasteiger partial charge in [0.2, 0.25) is 11.8 Å². The summed E-state index contributed by atoms with van der Waals surface area (Å²) in [6.07, 6.45) is 10.9. The molecule has 4 aromatic rings. The van der Waals surface area contributed by atoms with Crippen LogP contribution in [0.25, 0.3) is 22.3 Å². The highest BCUT2D eigenvalue weighted by Gasteiger charge is 2.51. The van der Waals surface area contributed by atoms with Crippen molar-refractivity contribution in [3.8, 4) is 34.4 Å². The summed E-state index contributed by atoms with van der Waals surface area (Å²) in [4.78, 5) is 52.4. The summed E-state index contributed by atoms with van der Waals surface area (Å²) in [6, 6.07) is 19.4. The Hall–Kier alpha value is -6.56. The van der Waals surface area contributed by atoms with Gasteiger partial charge in [0.15, 0.2) is 0 Å². The summed E-state index contributed by atoms with van der Waals surface area (Å²) in [5, 5.41) is 20.9. The summed E-state index contributed by atoms with van der Waals surface area (Å²) >= 11 is 0. The summed E-state index contributed by atoms with van der Waals surface area (Å²) in [5.74, 6) is 0.642. The van der Waals surface area contributed by atoms with Gasteiger partial charge in [0, 0.05) is 137 Å². The maximum atomic E-state index is 15.2. The van der Waals surface area contributed by atoms with E-state index >= 15 is 8.78 Å². The van der Waals surface area contributed by atoms with Crippen LogP contribution in [0.15, 0.2) is 73.8 Å². The number of pyridine rings is 2. The molecule has 0 saturated carbocycles. The number of nitrogens with zero attached hydrogens (tertiary/aromatic N) is 12. The van der Waals surface area contributed by atoms with E-state index < -0.39 is 0 Å². The fourth-order valence-corrected chi connectivity index (χ4v) is 14.1. The molecule has 2 spiro atoms. The van der Waals surface area contributed by atoms with Gasteiger partial charge in [0.1, 0.15) is 46.5 Å². The molecule has 2 atom stereocenters. The molecule has 2 aromatic carbocycles. The van der Waals surface area contributed by atoms with Crippen LogP contribution in [0.2, 0.25) is 0 Å². The van der Waals surface area contributed by atoms with Crippen molar-refractivity contribution in [2.24, 2.45) is 10.8 Å². The first kappa shape index (κ1) is 51.5. The van der Waals surface area contributed by atoms with Crippen molar-refractivity contribution in [2.75, 3.05) is 116 Å². The Morgan fingerprint density at radius 3 is 1.39 bits per heavy atom. The number of fused-ring (bicyclic) bond motifs is 2. The van der Waals surface area contributed by atoms with Gasteiger partial charge in [-0.3, -0.25) is 19.4 Å². The smallest absolute Gasteiger partial charge is 0.245 e. The van der Waals surface area contributed by atoms with Crippen molar-refractivity contribution in [1.82, 2.24) is 39.4 Å². The lowest BCUT2D eigenvalue weighted by Gasteiger charge is -2.47. The van der Waals surface area contributed by atoms with Crippen LogP contribution < -0.4 is 9.80 Å². The number of carbonyl (C=O) groups excluding carboxylic acids is 2. The highest BCUT2D eigenvalue weighted by atomic mass is 19.1. The maximum Gasteiger partial charge on any atom is 0.245 e. The number of hydrogen-bond donors (Lipinski definition) is 0.